The predicted octanol–water partition coefficient (Wildman–Crippen LogP) is 2.64. The molecule has 0 heterocycles. The van der Waals surface area contributed by atoms with E-state index in [0.717, 1.165) is 0 Å². The lowest BCUT2D eigenvalue weighted by Gasteiger charge is -2.16. The number of nitriles is 1. The summed E-state index contributed by atoms with van der Waals surface area (Å²) in [6.45, 7) is 14.3. The van der Waals surface area contributed by atoms with E-state index in [4.69, 9.17) is 6.57 Å². The summed E-state index contributed by atoms with van der Waals surface area (Å²) < 4.78 is 0. The maximum atomic E-state index is 11.7. The number of hydrogen-bond donors (Lipinski definition) is 1. The monoisotopic (exact) mass is 305 g/mol. The van der Waals surface area contributed by atoms with Crippen LogP contribution in [0.4, 0.5) is 0 Å². The number of ketones is 1. The van der Waals surface area contributed by atoms with Gasteiger partial charge in [-0.25, -0.2) is 6.57 Å². The van der Waals surface area contributed by atoms with Gasteiger partial charge in [-0.3, -0.25) is 14.4 Å². The number of Topliss-reactive ketones (excluding diaryl/α,β-unsaturated/α-hetero) is 1. The number of rotatable bonds is 9. The molecule has 0 aromatic carbocycles. The maximum absolute atomic E-state index is 11.7. The van der Waals surface area contributed by atoms with E-state index in [1.165, 1.54) is 13.8 Å². The third-order valence-corrected chi connectivity index (χ3v) is 2.91. The van der Waals surface area contributed by atoms with Gasteiger partial charge in [-0.2, -0.15) is 10.4 Å². The highest BCUT2D eigenvalue weighted by Crippen LogP contribution is 2.23. The minimum atomic E-state index is -1.37. The Morgan fingerprint density at radius 3 is 2.36 bits per heavy atom. The Morgan fingerprint density at radius 1 is 1.27 bits per heavy atom. The van der Waals surface area contributed by atoms with Crippen LogP contribution in [0.15, 0.2) is 10.2 Å². The van der Waals surface area contributed by atoms with Crippen LogP contribution in [0.5, 0.6) is 0 Å². The SMILES string of the molecule is [C-]#[N+]C(C)(CC(=O)NCC)N=NC(C)(C#N)CC(=O)CCC. The first-order valence-electron chi connectivity index (χ1n) is 7.26. The first-order valence-corrected chi connectivity index (χ1v) is 7.26. The van der Waals surface area contributed by atoms with Gasteiger partial charge in [0, 0.05) is 26.3 Å². The summed E-state index contributed by atoms with van der Waals surface area (Å²) in [4.78, 5) is 26.6. The molecule has 1 amide bonds. The van der Waals surface area contributed by atoms with Crippen LogP contribution in [0.2, 0.25) is 0 Å². The van der Waals surface area contributed by atoms with Crippen LogP contribution in [0.3, 0.4) is 0 Å². The molecule has 0 saturated heterocycles. The van der Waals surface area contributed by atoms with Gasteiger partial charge in [0.25, 0.3) is 0 Å². The van der Waals surface area contributed by atoms with E-state index in [2.05, 4.69) is 20.4 Å². The molecule has 7 heteroatoms. The van der Waals surface area contributed by atoms with Gasteiger partial charge in [0.1, 0.15) is 12.2 Å². The summed E-state index contributed by atoms with van der Waals surface area (Å²) in [6.07, 6.45) is 0.897. The van der Waals surface area contributed by atoms with Gasteiger partial charge in [0.15, 0.2) is 5.54 Å². The molecule has 1 N–H and O–H groups in total. The highest BCUT2D eigenvalue weighted by Gasteiger charge is 2.36. The minimum Gasteiger partial charge on any atom is -0.356 e. The Morgan fingerprint density at radius 2 is 1.91 bits per heavy atom. The first-order chi connectivity index (χ1) is 10.2. The molecular weight excluding hydrogens is 282 g/mol. The van der Waals surface area contributed by atoms with Gasteiger partial charge in [-0.05, 0) is 20.3 Å². The number of hydrogen-bond acceptors (Lipinski definition) is 5. The highest BCUT2D eigenvalue weighted by atomic mass is 16.1. The van der Waals surface area contributed by atoms with E-state index >= 15 is 0 Å². The molecule has 7 nitrogen and oxygen atoms in total. The van der Waals surface area contributed by atoms with E-state index in [1.807, 2.05) is 13.0 Å². The van der Waals surface area contributed by atoms with Crippen LogP contribution in [0, 0.1) is 17.9 Å². The Hall–Kier alpha value is -2.28. The normalized spacial score (nSPS) is 16.1. The van der Waals surface area contributed by atoms with Gasteiger partial charge in [-0.1, -0.05) is 6.92 Å². The quantitative estimate of drug-likeness (QED) is 0.523. The third-order valence-electron chi connectivity index (χ3n) is 2.91. The van der Waals surface area contributed by atoms with Crippen molar-refractivity contribution in [3.8, 4) is 6.07 Å². The van der Waals surface area contributed by atoms with Crippen LogP contribution in [0.1, 0.15) is 53.4 Å². The van der Waals surface area contributed by atoms with Crippen LogP contribution in [-0.4, -0.2) is 29.4 Å². The predicted molar refractivity (Wildman–Crippen MR) is 81.7 cm³/mol. The lowest BCUT2D eigenvalue weighted by Crippen LogP contribution is -2.32. The van der Waals surface area contributed by atoms with Crippen molar-refractivity contribution in [2.45, 2.75) is 64.6 Å². The van der Waals surface area contributed by atoms with E-state index in [1.54, 1.807) is 6.92 Å². The summed E-state index contributed by atoms with van der Waals surface area (Å²) in [6, 6.07) is 1.96. The fourth-order valence-electron chi connectivity index (χ4n) is 1.73. The number of azo groups is 1. The van der Waals surface area contributed by atoms with Crippen molar-refractivity contribution in [2.24, 2.45) is 10.2 Å². The summed E-state index contributed by atoms with van der Waals surface area (Å²) in [5, 5.41) is 19.6. The van der Waals surface area contributed by atoms with Crippen LogP contribution >= 0.6 is 0 Å². The average molecular weight is 305 g/mol. The lowest BCUT2D eigenvalue weighted by atomic mass is 9.96. The van der Waals surface area contributed by atoms with Crippen molar-refractivity contribution >= 4 is 11.7 Å². The van der Waals surface area contributed by atoms with E-state index in [0.29, 0.717) is 19.4 Å². The van der Waals surface area contributed by atoms with Crippen molar-refractivity contribution in [3.05, 3.63) is 11.4 Å². The zero-order valence-corrected chi connectivity index (χ0v) is 13.6. The fourth-order valence-corrected chi connectivity index (χ4v) is 1.73. The van der Waals surface area contributed by atoms with Crippen LogP contribution in [-0.2, 0) is 9.59 Å². The second-order valence-corrected chi connectivity index (χ2v) is 5.51. The molecule has 0 aliphatic heterocycles. The first kappa shape index (κ1) is 19.7. The molecule has 120 valence electrons. The maximum Gasteiger partial charge on any atom is 0.346 e. The zero-order valence-electron chi connectivity index (χ0n) is 13.6. The average Bonchev–Trinajstić information content (AvgIpc) is 2.45. The molecule has 2 atom stereocenters. The van der Waals surface area contributed by atoms with Crippen molar-refractivity contribution in [3.63, 3.8) is 0 Å². The molecule has 22 heavy (non-hydrogen) atoms. The van der Waals surface area contributed by atoms with Gasteiger partial charge in [0.2, 0.25) is 5.91 Å². The number of carbonyl (C=O) groups excluding carboxylic acids is 2. The molecule has 0 saturated carbocycles. The highest BCUT2D eigenvalue weighted by molar-refractivity contribution is 5.80. The van der Waals surface area contributed by atoms with Gasteiger partial charge in [-0.15, -0.1) is 5.11 Å². The summed E-state index contributed by atoms with van der Waals surface area (Å²) in [7, 11) is 0. The number of nitrogens with zero attached hydrogens (tertiary/aromatic N) is 4. The van der Waals surface area contributed by atoms with E-state index < -0.39 is 11.2 Å². The van der Waals surface area contributed by atoms with Gasteiger partial charge < -0.3 is 5.32 Å². The van der Waals surface area contributed by atoms with Crippen molar-refractivity contribution in [1.29, 1.82) is 5.26 Å². The topological polar surface area (TPSA) is 99.0 Å². The molecule has 0 bridgehead atoms. The second-order valence-electron chi connectivity index (χ2n) is 5.51. The van der Waals surface area contributed by atoms with Gasteiger partial charge in [0.05, 0.1) is 6.07 Å². The lowest BCUT2D eigenvalue weighted by molar-refractivity contribution is -0.122. The van der Waals surface area contributed by atoms with Crippen molar-refractivity contribution in [2.75, 3.05) is 6.54 Å². The van der Waals surface area contributed by atoms with Crippen molar-refractivity contribution in [1.82, 2.24) is 5.32 Å². The van der Waals surface area contributed by atoms with Crippen LogP contribution < -0.4 is 5.32 Å². The zero-order chi connectivity index (χ0) is 17.2. The van der Waals surface area contributed by atoms with Crippen molar-refractivity contribution < 1.29 is 9.59 Å². The standard InChI is InChI=1S/C15H23N5O2/c1-6-8-12(21)9-14(3,11-16)19-20-15(4,17-5)10-13(22)18-7-2/h6-10H2,1-4H3,(H,18,22). The Bertz CT molecular complexity index is 471. The molecule has 2 unspecified atom stereocenters. The molecule has 0 aromatic rings. The Kier molecular flexibility index (Phi) is 7.96. The third kappa shape index (κ3) is 6.94. The second kappa shape index (κ2) is 8.89. The Balaban J connectivity index is 5.07. The number of amides is 1. The van der Waals surface area contributed by atoms with E-state index in [9.17, 15) is 14.9 Å². The number of nitrogens with one attached hydrogen (secondary N) is 1. The molecule has 0 spiro atoms. The molecule has 0 rings (SSSR count). The molecule has 0 aliphatic rings. The summed E-state index contributed by atoms with van der Waals surface area (Å²) in [5.41, 5.74) is -2.68. The largest absolute Gasteiger partial charge is 0.356 e. The number of carbonyl (C=O) groups is 2. The fraction of sp³-hybridized carbons (Fsp3) is 0.733. The smallest absolute Gasteiger partial charge is 0.346 e. The molecule has 0 aromatic heterocycles. The summed E-state index contributed by atoms with van der Waals surface area (Å²) >= 11 is 0. The molecule has 0 fully saturated rings. The Labute approximate surface area is 131 Å². The molecular formula is C15H23N5O2. The molecule has 0 radical (unpaired) electrons. The summed E-state index contributed by atoms with van der Waals surface area (Å²) in [5.74, 6) is -0.376. The van der Waals surface area contributed by atoms with E-state index in [-0.39, 0.29) is 24.5 Å². The van der Waals surface area contributed by atoms with Crippen LogP contribution in [0.25, 0.3) is 4.85 Å². The van der Waals surface area contributed by atoms with Gasteiger partial charge >= 0.3 is 5.66 Å². The minimum absolute atomic E-state index is 0.0456. The molecule has 0 aliphatic carbocycles.